The van der Waals surface area contributed by atoms with Crippen LogP contribution in [0.25, 0.3) is 0 Å². The number of sulfonamides is 1. The molecule has 0 aromatic heterocycles. The average molecular weight is 532 g/mol. The topological polar surface area (TPSA) is 108 Å². The number of nitrogens with zero attached hydrogens (tertiary/aromatic N) is 2. The van der Waals surface area contributed by atoms with E-state index in [0.717, 1.165) is 9.87 Å². The molecule has 0 unspecified atom stereocenters. The lowest BCUT2D eigenvalue weighted by Gasteiger charge is -2.24. The lowest BCUT2D eigenvalue weighted by molar-refractivity contribution is -0.119. The molecule has 8 nitrogen and oxygen atoms in total. The minimum Gasteiger partial charge on any atom is -0.503 e. The van der Waals surface area contributed by atoms with E-state index in [1.807, 2.05) is 13.0 Å². The number of hydrogen-bond donors (Lipinski definition) is 2. The van der Waals surface area contributed by atoms with Gasteiger partial charge in [0.25, 0.3) is 15.9 Å². The Balaban J connectivity index is 1.83. The summed E-state index contributed by atoms with van der Waals surface area (Å²) in [6.45, 7) is 1.37. The molecule has 3 aromatic carbocycles. The quantitative estimate of drug-likeness (QED) is 0.339. The van der Waals surface area contributed by atoms with Gasteiger partial charge >= 0.3 is 0 Å². The number of carbonyl (C=O) groups is 1. The van der Waals surface area contributed by atoms with Crippen molar-refractivity contribution in [1.29, 1.82) is 0 Å². The second-order valence-corrected chi connectivity index (χ2v) is 9.73. The molecular formula is C23H22BrN3O5S. The maximum Gasteiger partial charge on any atom is 0.264 e. The van der Waals surface area contributed by atoms with Crippen LogP contribution >= 0.6 is 15.9 Å². The summed E-state index contributed by atoms with van der Waals surface area (Å²) in [5, 5.41) is 13.8. The molecule has 3 aromatic rings. The third-order valence-corrected chi connectivity index (χ3v) is 6.97. The predicted octanol–water partition coefficient (Wildman–Crippen LogP) is 3.82. The summed E-state index contributed by atoms with van der Waals surface area (Å²) in [5.74, 6) is -0.451. The van der Waals surface area contributed by atoms with E-state index < -0.39 is 22.5 Å². The number of carbonyl (C=O) groups excluding carboxylic acids is 1. The zero-order valence-electron chi connectivity index (χ0n) is 17.9. The van der Waals surface area contributed by atoms with Gasteiger partial charge in [0.05, 0.1) is 28.4 Å². The van der Waals surface area contributed by atoms with Gasteiger partial charge in [-0.2, -0.15) is 5.10 Å². The van der Waals surface area contributed by atoms with Crippen molar-refractivity contribution >= 4 is 43.8 Å². The van der Waals surface area contributed by atoms with E-state index in [4.69, 9.17) is 4.74 Å². The molecule has 33 heavy (non-hydrogen) atoms. The largest absolute Gasteiger partial charge is 0.503 e. The number of aromatic hydroxyl groups is 1. The van der Waals surface area contributed by atoms with Gasteiger partial charge in [-0.25, -0.2) is 13.8 Å². The maximum absolute atomic E-state index is 13.3. The number of hydrazone groups is 1. The van der Waals surface area contributed by atoms with Crippen LogP contribution in [0.15, 0.2) is 81.2 Å². The number of phenolic OH excluding ortho intramolecular Hbond substituents is 1. The summed E-state index contributed by atoms with van der Waals surface area (Å²) in [5.41, 5.74) is 4.11. The maximum atomic E-state index is 13.3. The van der Waals surface area contributed by atoms with Crippen molar-refractivity contribution in [3.63, 3.8) is 0 Å². The Morgan fingerprint density at radius 2 is 1.88 bits per heavy atom. The summed E-state index contributed by atoms with van der Waals surface area (Å²) < 4.78 is 33.1. The van der Waals surface area contributed by atoms with Crippen molar-refractivity contribution < 1.29 is 23.1 Å². The van der Waals surface area contributed by atoms with Crippen LogP contribution in [0.4, 0.5) is 5.69 Å². The molecule has 0 aliphatic rings. The van der Waals surface area contributed by atoms with Crippen LogP contribution in [0.5, 0.6) is 11.5 Å². The summed E-state index contributed by atoms with van der Waals surface area (Å²) in [6.07, 6.45) is 1.35. The Morgan fingerprint density at radius 1 is 1.15 bits per heavy atom. The SMILES string of the molecule is COc1cc(/C=N\NC(=O)CN(c2cccc(C)c2)S(=O)(=O)c2ccccc2)cc(Br)c1O. The molecule has 2 N–H and O–H groups in total. The Labute approximate surface area is 200 Å². The number of phenols is 1. The first kappa shape index (κ1) is 24.3. The van der Waals surface area contributed by atoms with Crippen molar-refractivity contribution in [2.75, 3.05) is 18.0 Å². The number of aryl methyl sites for hydroxylation is 1. The highest BCUT2D eigenvalue weighted by Crippen LogP contribution is 2.34. The molecule has 0 saturated carbocycles. The Kier molecular flexibility index (Phi) is 7.72. The predicted molar refractivity (Wildman–Crippen MR) is 130 cm³/mol. The van der Waals surface area contributed by atoms with Crippen LogP contribution in [0.1, 0.15) is 11.1 Å². The van der Waals surface area contributed by atoms with Gasteiger partial charge in [-0.15, -0.1) is 0 Å². The average Bonchev–Trinajstić information content (AvgIpc) is 2.80. The van der Waals surface area contributed by atoms with Crippen molar-refractivity contribution in [2.45, 2.75) is 11.8 Å². The van der Waals surface area contributed by atoms with E-state index in [9.17, 15) is 18.3 Å². The number of nitrogens with one attached hydrogen (secondary N) is 1. The minimum absolute atomic E-state index is 0.0569. The van der Waals surface area contributed by atoms with Crippen molar-refractivity contribution in [2.24, 2.45) is 5.10 Å². The van der Waals surface area contributed by atoms with Crippen LogP contribution in [-0.2, 0) is 14.8 Å². The van der Waals surface area contributed by atoms with Gasteiger partial charge in [-0.05, 0) is 70.4 Å². The smallest absolute Gasteiger partial charge is 0.264 e. The molecular weight excluding hydrogens is 510 g/mol. The first-order chi connectivity index (χ1) is 15.7. The third-order valence-electron chi connectivity index (χ3n) is 4.58. The summed E-state index contributed by atoms with van der Waals surface area (Å²) >= 11 is 3.21. The Morgan fingerprint density at radius 3 is 2.55 bits per heavy atom. The molecule has 0 spiro atoms. The molecule has 0 atom stereocenters. The highest BCUT2D eigenvalue weighted by Gasteiger charge is 2.27. The number of hydrogen-bond acceptors (Lipinski definition) is 6. The van der Waals surface area contributed by atoms with Gasteiger partial charge in [0, 0.05) is 0 Å². The number of ether oxygens (including phenoxy) is 1. The van der Waals surface area contributed by atoms with Gasteiger partial charge in [-0.3, -0.25) is 9.10 Å². The number of methoxy groups -OCH3 is 1. The van der Waals surface area contributed by atoms with Gasteiger partial charge in [-0.1, -0.05) is 30.3 Å². The molecule has 10 heteroatoms. The molecule has 1 amide bonds. The van der Waals surface area contributed by atoms with Crippen LogP contribution in [0.3, 0.4) is 0 Å². The highest BCUT2D eigenvalue weighted by molar-refractivity contribution is 9.10. The number of anilines is 1. The normalized spacial score (nSPS) is 11.4. The Hall–Kier alpha value is -3.37. The summed E-state index contributed by atoms with van der Waals surface area (Å²) in [6, 6.07) is 17.9. The molecule has 0 aliphatic carbocycles. The highest BCUT2D eigenvalue weighted by atomic mass is 79.9. The number of amides is 1. The van der Waals surface area contributed by atoms with Crippen LogP contribution < -0.4 is 14.5 Å². The van der Waals surface area contributed by atoms with E-state index in [0.29, 0.717) is 15.7 Å². The fourth-order valence-electron chi connectivity index (χ4n) is 2.99. The van der Waals surface area contributed by atoms with Crippen molar-refractivity contribution in [3.05, 3.63) is 82.3 Å². The number of halogens is 1. The van der Waals surface area contributed by atoms with Gasteiger partial charge in [0.15, 0.2) is 11.5 Å². The van der Waals surface area contributed by atoms with Gasteiger partial charge < -0.3 is 9.84 Å². The second-order valence-electron chi connectivity index (χ2n) is 7.01. The van der Waals surface area contributed by atoms with Crippen LogP contribution in [-0.4, -0.2) is 39.3 Å². The number of benzene rings is 3. The van der Waals surface area contributed by atoms with Crippen molar-refractivity contribution in [1.82, 2.24) is 5.43 Å². The molecule has 0 aliphatic heterocycles. The number of rotatable bonds is 8. The zero-order chi connectivity index (χ0) is 24.0. The van der Waals surface area contributed by atoms with Gasteiger partial charge in [0.2, 0.25) is 0 Å². The summed E-state index contributed by atoms with van der Waals surface area (Å²) in [4.78, 5) is 12.7. The lowest BCUT2D eigenvalue weighted by atomic mass is 10.2. The van der Waals surface area contributed by atoms with Gasteiger partial charge in [0.1, 0.15) is 6.54 Å². The van der Waals surface area contributed by atoms with Crippen LogP contribution in [0.2, 0.25) is 0 Å². The van der Waals surface area contributed by atoms with E-state index in [1.54, 1.807) is 42.5 Å². The molecule has 3 rings (SSSR count). The first-order valence-corrected chi connectivity index (χ1v) is 12.0. The Bertz CT molecular complexity index is 1280. The standard InChI is InChI=1S/C23H22BrN3O5S/c1-16-7-6-8-18(11-16)27(33(30,31)19-9-4-3-5-10-19)15-22(28)26-25-14-17-12-20(24)23(29)21(13-17)32-2/h3-14,29H,15H2,1-2H3,(H,26,28)/b25-14-. The van der Waals surface area contributed by atoms with Crippen LogP contribution in [0, 0.1) is 6.92 Å². The molecule has 0 bridgehead atoms. The van der Waals surface area contributed by atoms with E-state index in [2.05, 4.69) is 26.5 Å². The van der Waals surface area contributed by atoms with Crippen molar-refractivity contribution in [3.8, 4) is 11.5 Å². The molecule has 0 fully saturated rings. The molecule has 0 radical (unpaired) electrons. The minimum atomic E-state index is -3.99. The summed E-state index contributed by atoms with van der Waals surface area (Å²) in [7, 11) is -2.58. The zero-order valence-corrected chi connectivity index (χ0v) is 20.3. The monoisotopic (exact) mass is 531 g/mol. The molecule has 172 valence electrons. The fourth-order valence-corrected chi connectivity index (χ4v) is 4.88. The fraction of sp³-hybridized carbons (Fsp3) is 0.130. The second kappa shape index (κ2) is 10.5. The van der Waals surface area contributed by atoms with E-state index in [-0.39, 0.29) is 16.4 Å². The molecule has 0 saturated heterocycles. The van der Waals surface area contributed by atoms with E-state index in [1.165, 1.54) is 31.5 Å². The first-order valence-electron chi connectivity index (χ1n) is 9.75. The molecule has 0 heterocycles. The van der Waals surface area contributed by atoms with E-state index >= 15 is 0 Å². The third kappa shape index (κ3) is 5.91. The lowest BCUT2D eigenvalue weighted by Crippen LogP contribution is -2.39.